The number of aryl methyl sites for hydroxylation is 2. The summed E-state index contributed by atoms with van der Waals surface area (Å²) in [6.07, 6.45) is 0.961. The molecule has 7 rings (SSSR count). The number of fused-ring (bicyclic) bond motifs is 2. The average Bonchev–Trinajstić information content (AvgIpc) is 2.94. The van der Waals surface area contributed by atoms with Crippen LogP contribution in [0.4, 0.5) is 17.1 Å². The molecule has 0 atom stereocenters. The average molecular weight is 476 g/mol. The first-order valence-corrected chi connectivity index (χ1v) is 12.6. The van der Waals surface area contributed by atoms with Crippen molar-refractivity contribution >= 4 is 66.4 Å². The van der Waals surface area contributed by atoms with E-state index in [4.69, 9.17) is 0 Å². The molecule has 0 saturated carbocycles. The Bertz CT molecular complexity index is 1880. The van der Waals surface area contributed by atoms with Crippen molar-refractivity contribution in [1.29, 1.82) is 0 Å². The van der Waals surface area contributed by atoms with Crippen molar-refractivity contribution in [3.63, 3.8) is 0 Å². The molecule has 0 aliphatic rings. The summed E-state index contributed by atoms with van der Waals surface area (Å²) < 4.78 is 0. The number of nitrogens with zero attached hydrogens (tertiary/aromatic N) is 1. The Morgan fingerprint density at radius 3 is 1.51 bits per heavy atom. The molecule has 0 spiro atoms. The van der Waals surface area contributed by atoms with Gasteiger partial charge in [0.1, 0.15) is 0 Å². The molecule has 0 fully saturated rings. The largest absolute Gasteiger partial charge is 0.310 e. The maximum Gasteiger partial charge on any atom is 0.150 e. The maximum atomic E-state index is 11.8. The number of carbonyl (C=O) groups excluding carboxylic acids is 1. The van der Waals surface area contributed by atoms with E-state index in [1.165, 1.54) is 43.4 Å². The van der Waals surface area contributed by atoms with E-state index in [0.717, 1.165) is 39.7 Å². The van der Waals surface area contributed by atoms with Gasteiger partial charge in [-0.25, -0.2) is 0 Å². The molecule has 37 heavy (non-hydrogen) atoms. The molecule has 0 amide bonds. The molecule has 176 valence electrons. The molecular weight excluding hydrogens is 450 g/mol. The molecule has 0 heterocycles. The first kappa shape index (κ1) is 21.6. The molecule has 0 aliphatic heterocycles. The van der Waals surface area contributed by atoms with Crippen LogP contribution in [0.2, 0.25) is 0 Å². The van der Waals surface area contributed by atoms with E-state index in [0.29, 0.717) is 0 Å². The Morgan fingerprint density at radius 1 is 0.486 bits per heavy atom. The second kappa shape index (κ2) is 8.18. The van der Waals surface area contributed by atoms with Gasteiger partial charge < -0.3 is 4.90 Å². The van der Waals surface area contributed by atoms with E-state index in [1.807, 2.05) is 6.07 Å². The molecule has 0 saturated heterocycles. The van der Waals surface area contributed by atoms with Gasteiger partial charge in [0.05, 0.1) is 5.69 Å². The van der Waals surface area contributed by atoms with Gasteiger partial charge in [-0.3, -0.25) is 4.79 Å². The summed E-state index contributed by atoms with van der Waals surface area (Å²) in [7, 11) is 0. The first-order valence-electron chi connectivity index (χ1n) is 12.6. The van der Waals surface area contributed by atoms with Crippen LogP contribution >= 0.6 is 0 Å². The van der Waals surface area contributed by atoms with Crippen molar-refractivity contribution in [1.82, 2.24) is 0 Å². The predicted molar refractivity (Wildman–Crippen MR) is 157 cm³/mol. The number of hydrogen-bond donors (Lipinski definition) is 0. The lowest BCUT2D eigenvalue weighted by molar-refractivity contribution is 0.112. The zero-order valence-electron chi connectivity index (χ0n) is 20.8. The standard InChI is InChI=1S/C35H25NO/c1-22-9-14-25(15-10-22)36(26-16-11-23(2)12-17-26)33-20-19-31-30-18-13-24(21-37)27-5-3-6-28(34(27)30)29-7-4-8-32(33)35(29)31/h3-21H,1-2H3. The van der Waals surface area contributed by atoms with Crippen LogP contribution in [0.5, 0.6) is 0 Å². The number of rotatable bonds is 4. The summed E-state index contributed by atoms with van der Waals surface area (Å²) in [6.45, 7) is 4.24. The van der Waals surface area contributed by atoms with Gasteiger partial charge in [0, 0.05) is 22.3 Å². The van der Waals surface area contributed by atoms with Crippen LogP contribution in [0.3, 0.4) is 0 Å². The molecule has 0 N–H and O–H groups in total. The summed E-state index contributed by atoms with van der Waals surface area (Å²) in [5.74, 6) is 0. The molecule has 7 aromatic carbocycles. The van der Waals surface area contributed by atoms with Crippen molar-refractivity contribution in [3.05, 3.63) is 126 Å². The molecule has 0 unspecified atom stereocenters. The third-order valence-corrected chi connectivity index (χ3v) is 7.62. The quantitative estimate of drug-likeness (QED) is 0.143. The Kier molecular flexibility index (Phi) is 4.77. The van der Waals surface area contributed by atoms with Gasteiger partial charge in [-0.2, -0.15) is 0 Å². The van der Waals surface area contributed by atoms with E-state index in [-0.39, 0.29) is 0 Å². The minimum absolute atomic E-state index is 0.734. The summed E-state index contributed by atoms with van der Waals surface area (Å²) in [4.78, 5) is 14.2. The zero-order chi connectivity index (χ0) is 25.1. The molecule has 2 nitrogen and oxygen atoms in total. The van der Waals surface area contributed by atoms with Crippen LogP contribution in [0, 0.1) is 13.8 Å². The van der Waals surface area contributed by atoms with Crippen LogP contribution in [-0.2, 0) is 0 Å². The van der Waals surface area contributed by atoms with Crippen LogP contribution in [0.1, 0.15) is 21.5 Å². The molecule has 0 aromatic heterocycles. The molecule has 2 heteroatoms. The van der Waals surface area contributed by atoms with Gasteiger partial charge in [-0.05, 0) is 81.9 Å². The van der Waals surface area contributed by atoms with Gasteiger partial charge in [0.15, 0.2) is 6.29 Å². The number of hydrogen-bond acceptors (Lipinski definition) is 2. The first-order chi connectivity index (χ1) is 18.1. The number of carbonyl (C=O) groups is 1. The van der Waals surface area contributed by atoms with E-state index in [1.54, 1.807) is 0 Å². The van der Waals surface area contributed by atoms with Crippen LogP contribution in [0.15, 0.2) is 109 Å². The normalized spacial score (nSPS) is 11.6. The highest BCUT2D eigenvalue weighted by Crippen LogP contribution is 2.46. The topological polar surface area (TPSA) is 20.3 Å². The number of benzene rings is 7. The van der Waals surface area contributed by atoms with E-state index in [9.17, 15) is 4.79 Å². The number of aldehydes is 1. The third-order valence-electron chi connectivity index (χ3n) is 7.62. The smallest absolute Gasteiger partial charge is 0.150 e. The van der Waals surface area contributed by atoms with Crippen LogP contribution < -0.4 is 4.90 Å². The van der Waals surface area contributed by atoms with Crippen molar-refractivity contribution < 1.29 is 4.79 Å². The fourth-order valence-electron chi connectivity index (χ4n) is 5.83. The summed E-state index contributed by atoms with van der Waals surface area (Å²) in [6, 6.07) is 38.9. The molecule has 0 radical (unpaired) electrons. The highest BCUT2D eigenvalue weighted by atomic mass is 16.1. The van der Waals surface area contributed by atoms with E-state index in [2.05, 4.69) is 122 Å². The molecule has 0 bridgehead atoms. The van der Waals surface area contributed by atoms with Crippen LogP contribution in [-0.4, -0.2) is 6.29 Å². The van der Waals surface area contributed by atoms with Crippen molar-refractivity contribution in [2.45, 2.75) is 13.8 Å². The second-order valence-corrected chi connectivity index (χ2v) is 9.92. The Balaban J connectivity index is 1.60. The SMILES string of the molecule is Cc1ccc(N(c2ccc(C)cc2)c2ccc3c4ccc(C=O)c5cccc(c6cccc2c63)c54)cc1. The Labute approximate surface area is 215 Å². The lowest BCUT2D eigenvalue weighted by Crippen LogP contribution is -2.10. The summed E-state index contributed by atoms with van der Waals surface area (Å²) >= 11 is 0. The van der Waals surface area contributed by atoms with Gasteiger partial charge in [0.25, 0.3) is 0 Å². The van der Waals surface area contributed by atoms with E-state index >= 15 is 0 Å². The highest BCUT2D eigenvalue weighted by molar-refractivity contribution is 6.35. The van der Waals surface area contributed by atoms with Gasteiger partial charge in [-0.1, -0.05) is 90.0 Å². The summed E-state index contributed by atoms with van der Waals surface area (Å²) in [5.41, 5.74) is 6.62. The molecular formula is C35H25NO. The number of anilines is 3. The fourth-order valence-corrected chi connectivity index (χ4v) is 5.83. The lowest BCUT2D eigenvalue weighted by atomic mass is 9.88. The van der Waals surface area contributed by atoms with Crippen molar-refractivity contribution in [3.8, 4) is 0 Å². The van der Waals surface area contributed by atoms with Gasteiger partial charge >= 0.3 is 0 Å². The van der Waals surface area contributed by atoms with Crippen molar-refractivity contribution in [2.24, 2.45) is 0 Å². The Morgan fingerprint density at radius 2 is 0.946 bits per heavy atom. The highest BCUT2D eigenvalue weighted by Gasteiger charge is 2.20. The monoisotopic (exact) mass is 475 g/mol. The van der Waals surface area contributed by atoms with Crippen molar-refractivity contribution in [2.75, 3.05) is 4.90 Å². The minimum Gasteiger partial charge on any atom is -0.310 e. The lowest BCUT2D eigenvalue weighted by Gasteiger charge is -2.28. The zero-order valence-corrected chi connectivity index (χ0v) is 20.8. The van der Waals surface area contributed by atoms with Crippen LogP contribution in [0.25, 0.3) is 43.1 Å². The summed E-state index contributed by atoms with van der Waals surface area (Å²) in [5, 5.41) is 9.42. The maximum absolute atomic E-state index is 11.8. The Hall–Kier alpha value is -4.69. The second-order valence-electron chi connectivity index (χ2n) is 9.92. The fraction of sp³-hybridized carbons (Fsp3) is 0.0571. The third kappa shape index (κ3) is 3.23. The van der Waals surface area contributed by atoms with E-state index < -0.39 is 0 Å². The molecule has 7 aromatic rings. The predicted octanol–water partition coefficient (Wildman–Crippen LogP) is 9.64. The van der Waals surface area contributed by atoms with Gasteiger partial charge in [0.2, 0.25) is 0 Å². The minimum atomic E-state index is 0.734. The van der Waals surface area contributed by atoms with Gasteiger partial charge in [-0.15, -0.1) is 0 Å². The molecule has 0 aliphatic carbocycles.